The summed E-state index contributed by atoms with van der Waals surface area (Å²) in [6.07, 6.45) is -5.99. The van der Waals surface area contributed by atoms with Crippen LogP contribution in [-0.4, -0.2) is 36.4 Å². The first-order valence-corrected chi connectivity index (χ1v) is 13.1. The molecule has 0 bridgehead atoms. The van der Waals surface area contributed by atoms with Crippen LogP contribution >= 0.6 is 0 Å². The van der Waals surface area contributed by atoms with Crippen molar-refractivity contribution in [2.45, 2.75) is 59.1 Å². The molecule has 0 unspecified atom stereocenters. The Hall–Kier alpha value is -4.54. The van der Waals surface area contributed by atoms with E-state index in [1.807, 2.05) is 0 Å². The predicted molar refractivity (Wildman–Crippen MR) is 148 cm³/mol. The number of rotatable bonds is 11. The minimum Gasteiger partial charge on any atom is -0.488 e. The number of amides is 1. The SMILES string of the molecule is Cc1c(OC(F)(F)F)c(C(=O)CCCNC(=O)OC(C)(C)C)cc(OCc2ccccc2)c1C(=O)Oc1ccccc1. The van der Waals surface area contributed by atoms with Crippen LogP contribution in [0.4, 0.5) is 18.0 Å². The average molecular weight is 588 g/mol. The fourth-order valence-electron chi connectivity index (χ4n) is 3.86. The van der Waals surface area contributed by atoms with E-state index in [4.69, 9.17) is 14.2 Å². The van der Waals surface area contributed by atoms with Crippen molar-refractivity contribution in [3.8, 4) is 17.2 Å². The Morgan fingerprint density at radius 1 is 0.905 bits per heavy atom. The molecule has 0 aromatic heterocycles. The molecule has 224 valence electrons. The number of para-hydroxylation sites is 1. The van der Waals surface area contributed by atoms with Crippen molar-refractivity contribution in [3.05, 3.63) is 89.0 Å². The van der Waals surface area contributed by atoms with E-state index in [0.29, 0.717) is 5.56 Å². The Bertz CT molecular complexity index is 1390. The van der Waals surface area contributed by atoms with Crippen molar-refractivity contribution in [1.29, 1.82) is 0 Å². The number of alkyl halides is 3. The number of hydrogen-bond donors (Lipinski definition) is 1. The highest BCUT2D eigenvalue weighted by Gasteiger charge is 2.36. The van der Waals surface area contributed by atoms with E-state index >= 15 is 0 Å². The topological polar surface area (TPSA) is 100 Å². The third-order valence-corrected chi connectivity index (χ3v) is 5.64. The predicted octanol–water partition coefficient (Wildman–Crippen LogP) is 7.18. The Balaban J connectivity index is 1.95. The molecule has 0 aliphatic rings. The number of benzene rings is 3. The van der Waals surface area contributed by atoms with Crippen molar-refractivity contribution in [1.82, 2.24) is 5.32 Å². The summed E-state index contributed by atoms with van der Waals surface area (Å²) in [5, 5.41) is 2.50. The van der Waals surface area contributed by atoms with Crippen LogP contribution in [-0.2, 0) is 11.3 Å². The molecule has 42 heavy (non-hydrogen) atoms. The molecule has 8 nitrogen and oxygen atoms in total. The monoisotopic (exact) mass is 587 g/mol. The first-order valence-electron chi connectivity index (χ1n) is 13.1. The summed E-state index contributed by atoms with van der Waals surface area (Å²) in [5.41, 5.74) is -1.04. The molecule has 0 aliphatic carbocycles. The molecule has 1 amide bonds. The van der Waals surface area contributed by atoms with Crippen LogP contribution in [0, 0.1) is 6.92 Å². The lowest BCUT2D eigenvalue weighted by Crippen LogP contribution is -2.33. The summed E-state index contributed by atoms with van der Waals surface area (Å²) >= 11 is 0. The van der Waals surface area contributed by atoms with Crippen LogP contribution in [0.2, 0.25) is 0 Å². The summed E-state index contributed by atoms with van der Waals surface area (Å²) in [4.78, 5) is 38.3. The van der Waals surface area contributed by atoms with Gasteiger partial charge in [0.05, 0.1) is 5.56 Å². The van der Waals surface area contributed by atoms with E-state index in [9.17, 15) is 27.6 Å². The first kappa shape index (κ1) is 32.0. The van der Waals surface area contributed by atoms with Gasteiger partial charge in [0.15, 0.2) is 5.78 Å². The zero-order valence-electron chi connectivity index (χ0n) is 23.7. The van der Waals surface area contributed by atoms with E-state index < -0.39 is 41.1 Å². The van der Waals surface area contributed by atoms with Crippen molar-refractivity contribution < 1.29 is 46.5 Å². The van der Waals surface area contributed by atoms with Crippen LogP contribution in [0.5, 0.6) is 17.2 Å². The molecule has 1 N–H and O–H groups in total. The zero-order chi connectivity index (χ0) is 30.9. The largest absolute Gasteiger partial charge is 0.573 e. The summed E-state index contributed by atoms with van der Waals surface area (Å²) in [6.45, 7) is 6.29. The molecule has 0 fully saturated rings. The maximum absolute atomic E-state index is 13.5. The quantitative estimate of drug-likeness (QED) is 0.110. The lowest BCUT2D eigenvalue weighted by atomic mass is 9.97. The van der Waals surface area contributed by atoms with Gasteiger partial charge < -0.3 is 24.3 Å². The summed E-state index contributed by atoms with van der Waals surface area (Å²) < 4.78 is 61.2. The van der Waals surface area contributed by atoms with Crippen molar-refractivity contribution in [2.75, 3.05) is 6.54 Å². The molecular formula is C31H32F3NO7. The number of halogens is 3. The number of ketones is 1. The molecule has 3 aromatic carbocycles. The number of hydrogen-bond acceptors (Lipinski definition) is 7. The minimum atomic E-state index is -5.16. The molecule has 3 aromatic rings. The second kappa shape index (κ2) is 13.9. The van der Waals surface area contributed by atoms with Crippen LogP contribution in [0.25, 0.3) is 0 Å². The maximum atomic E-state index is 13.5. The van der Waals surface area contributed by atoms with Gasteiger partial charge in [0.2, 0.25) is 0 Å². The van der Waals surface area contributed by atoms with Gasteiger partial charge in [-0.3, -0.25) is 4.79 Å². The summed E-state index contributed by atoms with van der Waals surface area (Å²) in [7, 11) is 0. The molecule has 0 spiro atoms. The second-order valence-electron chi connectivity index (χ2n) is 10.2. The number of Topliss-reactive ketones (excluding diaryl/α,β-unsaturated/α-hetero) is 1. The van der Waals surface area contributed by atoms with E-state index in [2.05, 4.69) is 10.1 Å². The Morgan fingerprint density at radius 2 is 1.52 bits per heavy atom. The number of nitrogens with one attached hydrogen (secondary N) is 1. The van der Waals surface area contributed by atoms with Gasteiger partial charge >= 0.3 is 18.4 Å². The zero-order valence-corrected chi connectivity index (χ0v) is 23.7. The third-order valence-electron chi connectivity index (χ3n) is 5.64. The van der Waals surface area contributed by atoms with Gasteiger partial charge in [-0.15, -0.1) is 13.2 Å². The fraction of sp³-hybridized carbons (Fsp3) is 0.323. The highest BCUT2D eigenvalue weighted by Crippen LogP contribution is 2.39. The summed E-state index contributed by atoms with van der Waals surface area (Å²) in [6, 6.07) is 17.9. The normalized spacial score (nSPS) is 11.4. The Morgan fingerprint density at radius 3 is 2.12 bits per heavy atom. The molecule has 11 heteroatoms. The standard InChI is InChI=1S/C31H32F3NO7/c1-20-26(28(37)40-22-14-9-6-10-15-22)25(39-19-21-12-7-5-8-13-21)18-23(27(20)41-31(32,33)34)24(36)16-11-17-35-29(38)42-30(2,3)4/h5-10,12-15,18H,11,16-17,19H2,1-4H3,(H,35,38). The number of carbonyl (C=O) groups excluding carboxylic acids is 3. The van der Waals surface area contributed by atoms with Gasteiger partial charge in [-0.1, -0.05) is 48.5 Å². The number of ether oxygens (including phenoxy) is 4. The van der Waals surface area contributed by atoms with E-state index in [0.717, 1.165) is 6.07 Å². The second-order valence-corrected chi connectivity index (χ2v) is 10.2. The molecule has 0 atom stereocenters. The minimum absolute atomic E-state index is 0.0357. The van der Waals surface area contributed by atoms with Crippen LogP contribution in [0.15, 0.2) is 66.7 Å². The van der Waals surface area contributed by atoms with Crippen LogP contribution in [0.1, 0.15) is 65.5 Å². The molecule has 0 saturated carbocycles. The maximum Gasteiger partial charge on any atom is 0.573 e. The highest BCUT2D eigenvalue weighted by atomic mass is 19.4. The molecule has 0 heterocycles. The first-order chi connectivity index (χ1) is 19.7. The number of alkyl carbamates (subject to hydrolysis) is 1. The van der Waals surface area contributed by atoms with Gasteiger partial charge in [0.1, 0.15) is 35.0 Å². The molecule has 0 aliphatic heterocycles. The van der Waals surface area contributed by atoms with Gasteiger partial charge in [0.25, 0.3) is 0 Å². The smallest absolute Gasteiger partial charge is 0.488 e. The van der Waals surface area contributed by atoms with Gasteiger partial charge in [-0.2, -0.15) is 0 Å². The summed E-state index contributed by atoms with van der Waals surface area (Å²) in [5.74, 6) is -2.53. The molecule has 0 radical (unpaired) electrons. The Labute approximate surface area is 241 Å². The van der Waals surface area contributed by atoms with E-state index in [-0.39, 0.29) is 48.6 Å². The van der Waals surface area contributed by atoms with Gasteiger partial charge in [-0.25, -0.2) is 9.59 Å². The number of carbonyl (C=O) groups is 3. The van der Waals surface area contributed by atoms with Crippen LogP contribution < -0.4 is 19.5 Å². The molecule has 3 rings (SSSR count). The van der Waals surface area contributed by atoms with E-state index in [1.54, 1.807) is 69.3 Å². The molecule has 0 saturated heterocycles. The average Bonchev–Trinajstić information content (AvgIpc) is 2.90. The van der Waals surface area contributed by atoms with Crippen LogP contribution in [0.3, 0.4) is 0 Å². The van der Waals surface area contributed by atoms with Crippen molar-refractivity contribution in [3.63, 3.8) is 0 Å². The van der Waals surface area contributed by atoms with Crippen molar-refractivity contribution in [2.24, 2.45) is 0 Å². The third kappa shape index (κ3) is 9.83. The van der Waals surface area contributed by atoms with Gasteiger partial charge in [0, 0.05) is 18.5 Å². The van der Waals surface area contributed by atoms with Gasteiger partial charge in [-0.05, 0) is 57.9 Å². The fourth-order valence-corrected chi connectivity index (χ4v) is 3.86. The Kier molecular flexibility index (Phi) is 10.6. The molecular weight excluding hydrogens is 555 g/mol. The van der Waals surface area contributed by atoms with E-state index in [1.165, 1.54) is 19.1 Å². The lowest BCUT2D eigenvalue weighted by Gasteiger charge is -2.21. The van der Waals surface area contributed by atoms with Crippen molar-refractivity contribution >= 4 is 17.8 Å². The lowest BCUT2D eigenvalue weighted by molar-refractivity contribution is -0.275. The number of esters is 1. The highest BCUT2D eigenvalue weighted by molar-refractivity contribution is 6.03.